The summed E-state index contributed by atoms with van der Waals surface area (Å²) >= 11 is 5.93. The number of halogens is 1. The number of benzene rings is 2. The number of ether oxygens (including phenoxy) is 3. The molecule has 0 aliphatic heterocycles. The molecule has 8 heteroatoms. The number of carbonyl (C=O) groups excluding carboxylic acids is 2. The fourth-order valence-corrected chi connectivity index (χ4v) is 3.32. The largest absolute Gasteiger partial charge is 0.497 e. The molecule has 0 saturated carbocycles. The van der Waals surface area contributed by atoms with E-state index in [0.717, 1.165) is 0 Å². The summed E-state index contributed by atoms with van der Waals surface area (Å²) in [7, 11) is 1.53. The fraction of sp³-hybridized carbons (Fsp3) is 0.273. The summed E-state index contributed by atoms with van der Waals surface area (Å²) in [6.07, 6.45) is 0. The molecule has 0 radical (unpaired) electrons. The van der Waals surface area contributed by atoms with Crippen LogP contribution >= 0.6 is 11.6 Å². The molecule has 0 spiro atoms. The fourth-order valence-electron chi connectivity index (χ4n) is 3.20. The van der Waals surface area contributed by atoms with Crippen LogP contribution in [0.15, 0.2) is 42.5 Å². The van der Waals surface area contributed by atoms with Crippen LogP contribution in [0.4, 0.5) is 0 Å². The van der Waals surface area contributed by atoms with Crippen LogP contribution in [0.3, 0.4) is 0 Å². The molecule has 158 valence electrons. The Balaban J connectivity index is 2.01. The number of aliphatic hydroxyl groups is 1. The first-order valence-electron chi connectivity index (χ1n) is 9.33. The lowest BCUT2D eigenvalue weighted by atomic mass is 10.1. The number of aromatic nitrogens is 1. The summed E-state index contributed by atoms with van der Waals surface area (Å²) < 4.78 is 17.2. The predicted molar refractivity (Wildman–Crippen MR) is 113 cm³/mol. The van der Waals surface area contributed by atoms with Crippen LogP contribution in [-0.2, 0) is 9.47 Å². The van der Waals surface area contributed by atoms with E-state index in [9.17, 15) is 9.59 Å². The molecular formula is C22H22ClNO6. The van der Waals surface area contributed by atoms with Crippen LogP contribution in [-0.4, -0.2) is 55.1 Å². The summed E-state index contributed by atoms with van der Waals surface area (Å²) in [6, 6.07) is 11.7. The van der Waals surface area contributed by atoms with Gasteiger partial charge in [0, 0.05) is 21.7 Å². The number of hydrogen-bond donors (Lipinski definition) is 1. The second-order valence-electron chi connectivity index (χ2n) is 6.46. The standard InChI is InChI=1S/C22H22ClNO6/c1-14-20(22(27)30-12-11-29-10-9-25)18-13-17(28-2)7-8-19(18)24(14)21(26)15-3-5-16(23)6-4-15/h3-8,13,25H,9-12H2,1-2H3. The first-order valence-corrected chi connectivity index (χ1v) is 9.70. The molecule has 2 aromatic carbocycles. The van der Waals surface area contributed by atoms with Crippen molar-refractivity contribution in [3.05, 3.63) is 64.3 Å². The SMILES string of the molecule is COc1ccc2c(c1)c(C(=O)OCCOCCO)c(C)n2C(=O)c1ccc(Cl)cc1. The van der Waals surface area contributed by atoms with Crippen LogP contribution in [0, 0.1) is 6.92 Å². The molecule has 7 nitrogen and oxygen atoms in total. The van der Waals surface area contributed by atoms with Gasteiger partial charge in [0.15, 0.2) is 0 Å². The van der Waals surface area contributed by atoms with E-state index in [1.54, 1.807) is 49.4 Å². The van der Waals surface area contributed by atoms with Gasteiger partial charge in [0.1, 0.15) is 12.4 Å². The molecule has 0 bridgehead atoms. The minimum absolute atomic E-state index is 0.0278. The first kappa shape index (κ1) is 21.8. The minimum atomic E-state index is -0.569. The Hall–Kier alpha value is -2.87. The van der Waals surface area contributed by atoms with E-state index < -0.39 is 5.97 Å². The average Bonchev–Trinajstić information content (AvgIpc) is 3.04. The Morgan fingerprint density at radius 2 is 1.80 bits per heavy atom. The maximum Gasteiger partial charge on any atom is 0.340 e. The van der Waals surface area contributed by atoms with Crippen molar-refractivity contribution in [1.82, 2.24) is 4.57 Å². The highest BCUT2D eigenvalue weighted by atomic mass is 35.5. The molecule has 1 aromatic heterocycles. The molecule has 1 heterocycles. The molecule has 30 heavy (non-hydrogen) atoms. The quantitative estimate of drug-likeness (QED) is 0.434. The minimum Gasteiger partial charge on any atom is -0.497 e. The second kappa shape index (κ2) is 9.75. The highest BCUT2D eigenvalue weighted by Gasteiger charge is 2.25. The topological polar surface area (TPSA) is 87.0 Å². The summed E-state index contributed by atoms with van der Waals surface area (Å²) in [5.41, 5.74) is 1.75. The smallest absolute Gasteiger partial charge is 0.340 e. The molecule has 3 rings (SSSR count). The van der Waals surface area contributed by atoms with Gasteiger partial charge in [0.05, 0.1) is 38.0 Å². The molecule has 1 N–H and O–H groups in total. The van der Waals surface area contributed by atoms with Gasteiger partial charge in [-0.05, 0) is 49.4 Å². The third-order valence-corrected chi connectivity index (χ3v) is 4.86. The Labute approximate surface area is 178 Å². The van der Waals surface area contributed by atoms with Gasteiger partial charge >= 0.3 is 5.97 Å². The molecule has 0 unspecified atom stereocenters. The Kier molecular flexibility index (Phi) is 7.10. The maximum absolute atomic E-state index is 13.2. The normalized spacial score (nSPS) is 10.9. The van der Waals surface area contributed by atoms with E-state index in [1.165, 1.54) is 11.7 Å². The first-order chi connectivity index (χ1) is 14.5. The lowest BCUT2D eigenvalue weighted by Crippen LogP contribution is -2.16. The highest BCUT2D eigenvalue weighted by molar-refractivity contribution is 6.30. The molecule has 0 aliphatic rings. The van der Waals surface area contributed by atoms with Crippen LogP contribution < -0.4 is 4.74 Å². The predicted octanol–water partition coefficient (Wildman–Crippen LogP) is 3.47. The number of aliphatic hydroxyl groups excluding tert-OH is 1. The van der Waals surface area contributed by atoms with Gasteiger partial charge in [0.25, 0.3) is 5.91 Å². The molecule has 0 amide bonds. The van der Waals surface area contributed by atoms with Crippen LogP contribution in [0.5, 0.6) is 5.75 Å². The molecular weight excluding hydrogens is 410 g/mol. The molecule has 0 atom stereocenters. The zero-order valence-electron chi connectivity index (χ0n) is 16.7. The van der Waals surface area contributed by atoms with Crippen molar-refractivity contribution >= 4 is 34.4 Å². The summed E-state index contributed by atoms with van der Waals surface area (Å²) in [5.74, 6) is -0.301. The number of rotatable bonds is 8. The van der Waals surface area contributed by atoms with E-state index in [4.69, 9.17) is 30.9 Å². The van der Waals surface area contributed by atoms with Crippen LogP contribution in [0.1, 0.15) is 26.4 Å². The van der Waals surface area contributed by atoms with Crippen molar-refractivity contribution in [2.75, 3.05) is 33.5 Å². The van der Waals surface area contributed by atoms with Gasteiger partial charge in [-0.1, -0.05) is 11.6 Å². The van der Waals surface area contributed by atoms with Crippen molar-refractivity contribution in [3.8, 4) is 5.75 Å². The highest BCUT2D eigenvalue weighted by Crippen LogP contribution is 2.31. The summed E-state index contributed by atoms with van der Waals surface area (Å²) in [6.45, 7) is 1.95. The Bertz CT molecular complexity index is 1060. The van der Waals surface area contributed by atoms with Crippen LogP contribution in [0.25, 0.3) is 10.9 Å². The van der Waals surface area contributed by atoms with Gasteiger partial charge in [-0.25, -0.2) is 4.79 Å². The molecule has 0 fully saturated rings. The van der Waals surface area contributed by atoms with Gasteiger partial charge in [-0.3, -0.25) is 9.36 Å². The average molecular weight is 432 g/mol. The van der Waals surface area contributed by atoms with E-state index in [1.807, 2.05) is 0 Å². The van der Waals surface area contributed by atoms with Crippen LogP contribution in [0.2, 0.25) is 5.02 Å². The lowest BCUT2D eigenvalue weighted by molar-refractivity contribution is 0.0259. The number of esters is 1. The third-order valence-electron chi connectivity index (χ3n) is 4.61. The Morgan fingerprint density at radius 3 is 2.47 bits per heavy atom. The van der Waals surface area contributed by atoms with Crippen molar-refractivity contribution in [3.63, 3.8) is 0 Å². The maximum atomic E-state index is 13.2. The van der Waals surface area contributed by atoms with E-state index in [2.05, 4.69) is 0 Å². The zero-order valence-corrected chi connectivity index (χ0v) is 17.4. The zero-order chi connectivity index (χ0) is 21.7. The lowest BCUT2D eigenvalue weighted by Gasteiger charge is -2.08. The number of carbonyl (C=O) groups is 2. The number of fused-ring (bicyclic) bond motifs is 1. The van der Waals surface area contributed by atoms with E-state index in [0.29, 0.717) is 32.9 Å². The van der Waals surface area contributed by atoms with Gasteiger partial charge in [0.2, 0.25) is 0 Å². The van der Waals surface area contributed by atoms with Gasteiger partial charge in [-0.15, -0.1) is 0 Å². The number of nitrogens with zero attached hydrogens (tertiary/aromatic N) is 1. The van der Waals surface area contributed by atoms with Crippen molar-refractivity contribution in [2.24, 2.45) is 0 Å². The molecule has 0 aliphatic carbocycles. The number of hydrogen-bond acceptors (Lipinski definition) is 6. The molecule has 0 saturated heterocycles. The third kappa shape index (κ3) is 4.48. The van der Waals surface area contributed by atoms with Gasteiger partial charge in [-0.2, -0.15) is 0 Å². The van der Waals surface area contributed by atoms with E-state index >= 15 is 0 Å². The van der Waals surface area contributed by atoms with Crippen molar-refractivity contribution < 1.29 is 28.9 Å². The summed E-state index contributed by atoms with van der Waals surface area (Å²) in [5, 5.41) is 9.81. The summed E-state index contributed by atoms with van der Waals surface area (Å²) in [4.78, 5) is 26.0. The van der Waals surface area contributed by atoms with Crippen molar-refractivity contribution in [2.45, 2.75) is 6.92 Å². The number of methoxy groups -OCH3 is 1. The van der Waals surface area contributed by atoms with Crippen molar-refractivity contribution in [1.29, 1.82) is 0 Å². The monoisotopic (exact) mass is 431 g/mol. The second-order valence-corrected chi connectivity index (χ2v) is 6.90. The Morgan fingerprint density at radius 1 is 1.07 bits per heavy atom. The van der Waals surface area contributed by atoms with Gasteiger partial charge < -0.3 is 19.3 Å². The van der Waals surface area contributed by atoms with E-state index in [-0.39, 0.29) is 37.9 Å². The molecule has 3 aromatic rings.